The van der Waals surface area contributed by atoms with E-state index in [9.17, 15) is 4.79 Å². The number of piperazine rings is 1. The number of rotatable bonds is 5. The van der Waals surface area contributed by atoms with Crippen LogP contribution in [0.1, 0.15) is 30.9 Å². The molecule has 1 unspecified atom stereocenters. The number of nitrogens with two attached hydrogens (primary N) is 1. The average Bonchev–Trinajstić information content (AvgIpc) is 3.26. The maximum absolute atomic E-state index is 12.6. The van der Waals surface area contributed by atoms with Gasteiger partial charge in [0.15, 0.2) is 0 Å². The quantitative estimate of drug-likeness (QED) is 0.899. The Balaban J connectivity index is 1.52. The molecule has 0 aromatic heterocycles. The van der Waals surface area contributed by atoms with E-state index in [0.29, 0.717) is 5.91 Å². The van der Waals surface area contributed by atoms with Gasteiger partial charge in [-0.25, -0.2) is 0 Å². The molecule has 1 aliphatic carbocycles. The van der Waals surface area contributed by atoms with E-state index in [4.69, 9.17) is 5.73 Å². The Morgan fingerprint density at radius 3 is 2.26 bits per heavy atom. The first-order valence-electron chi connectivity index (χ1n) is 8.79. The fourth-order valence-electron chi connectivity index (χ4n) is 3.32. The summed E-state index contributed by atoms with van der Waals surface area (Å²) in [5, 5.41) is 0. The molecule has 0 spiro atoms. The van der Waals surface area contributed by atoms with Gasteiger partial charge in [-0.3, -0.25) is 4.79 Å². The van der Waals surface area contributed by atoms with E-state index in [2.05, 4.69) is 36.2 Å². The van der Waals surface area contributed by atoms with Crippen molar-refractivity contribution in [3.63, 3.8) is 0 Å². The third-order valence-corrected chi connectivity index (χ3v) is 5.25. The average molecular weight is 315 g/mol. The maximum Gasteiger partial charge on any atom is 0.225 e. The largest absolute Gasteiger partial charge is 0.340 e. The molecule has 0 radical (unpaired) electrons. The number of benzene rings is 1. The lowest BCUT2D eigenvalue weighted by atomic mass is 9.97. The molecule has 1 aromatic carbocycles. The molecule has 126 valence electrons. The Hall–Kier alpha value is -1.39. The van der Waals surface area contributed by atoms with Crippen molar-refractivity contribution in [1.82, 2.24) is 9.80 Å². The molecule has 1 atom stereocenters. The minimum atomic E-state index is 0.0496. The molecular formula is C19H29N3O. The van der Waals surface area contributed by atoms with E-state index in [0.717, 1.165) is 51.9 Å². The molecule has 1 aliphatic heterocycles. The van der Waals surface area contributed by atoms with Gasteiger partial charge in [-0.15, -0.1) is 0 Å². The summed E-state index contributed by atoms with van der Waals surface area (Å²) >= 11 is 0. The lowest BCUT2D eigenvalue weighted by molar-refractivity contribution is -0.136. The fourth-order valence-corrected chi connectivity index (χ4v) is 3.32. The molecule has 4 nitrogen and oxygen atoms in total. The second kappa shape index (κ2) is 6.62. The molecule has 1 amide bonds. The predicted octanol–water partition coefficient (Wildman–Crippen LogP) is 1.67. The number of carbonyl (C=O) groups excluding carboxylic acids is 1. The van der Waals surface area contributed by atoms with Crippen molar-refractivity contribution in [1.29, 1.82) is 0 Å². The highest BCUT2D eigenvalue weighted by atomic mass is 16.2. The number of likely N-dealkylation sites (N-methyl/N-ethyl adjacent to an activating group) is 1. The zero-order valence-electron chi connectivity index (χ0n) is 14.4. The highest BCUT2D eigenvalue weighted by Gasteiger charge is 2.37. The number of hydrogen-bond donors (Lipinski definition) is 1. The summed E-state index contributed by atoms with van der Waals surface area (Å²) in [5.74, 6) is 0.342. The number of nitrogens with zero attached hydrogens (tertiary/aromatic N) is 2. The van der Waals surface area contributed by atoms with Gasteiger partial charge in [0.2, 0.25) is 5.91 Å². The molecule has 1 aromatic rings. The van der Waals surface area contributed by atoms with Gasteiger partial charge in [-0.1, -0.05) is 31.2 Å². The van der Waals surface area contributed by atoms with Crippen molar-refractivity contribution in [2.45, 2.75) is 38.1 Å². The lowest BCUT2D eigenvalue weighted by Gasteiger charge is -2.34. The van der Waals surface area contributed by atoms with Gasteiger partial charge in [0, 0.05) is 37.6 Å². The Kier molecular flexibility index (Phi) is 4.74. The number of hydrogen-bond acceptors (Lipinski definition) is 3. The molecular weight excluding hydrogens is 286 g/mol. The van der Waals surface area contributed by atoms with E-state index in [1.54, 1.807) is 0 Å². The summed E-state index contributed by atoms with van der Waals surface area (Å²) in [6.07, 6.45) is 4.08. The highest BCUT2D eigenvalue weighted by molar-refractivity contribution is 5.79. The first-order chi connectivity index (χ1) is 11.0. The van der Waals surface area contributed by atoms with Crippen LogP contribution < -0.4 is 5.73 Å². The van der Waals surface area contributed by atoms with Gasteiger partial charge in [-0.2, -0.15) is 0 Å². The van der Waals surface area contributed by atoms with Gasteiger partial charge < -0.3 is 15.5 Å². The second-order valence-electron chi connectivity index (χ2n) is 7.59. The monoisotopic (exact) mass is 315 g/mol. The molecule has 2 fully saturated rings. The topological polar surface area (TPSA) is 49.6 Å². The third kappa shape index (κ3) is 4.33. The van der Waals surface area contributed by atoms with Crippen LogP contribution in [0, 0.1) is 5.92 Å². The van der Waals surface area contributed by atoms with Crippen LogP contribution in [0.5, 0.6) is 0 Å². The first-order valence-corrected chi connectivity index (χ1v) is 8.79. The lowest BCUT2D eigenvalue weighted by Crippen LogP contribution is -2.48. The summed E-state index contributed by atoms with van der Waals surface area (Å²) in [4.78, 5) is 16.9. The third-order valence-electron chi connectivity index (χ3n) is 5.25. The van der Waals surface area contributed by atoms with E-state index in [-0.39, 0.29) is 11.5 Å². The molecule has 0 bridgehead atoms. The van der Waals surface area contributed by atoms with Crippen LogP contribution in [0.25, 0.3) is 0 Å². The zero-order chi connectivity index (χ0) is 16.4. The van der Waals surface area contributed by atoms with Crippen LogP contribution in [0.15, 0.2) is 24.3 Å². The van der Waals surface area contributed by atoms with Crippen molar-refractivity contribution in [2.24, 2.45) is 11.7 Å². The summed E-state index contributed by atoms with van der Waals surface area (Å²) in [5.41, 5.74) is 8.79. The Morgan fingerprint density at radius 2 is 1.70 bits per heavy atom. The number of carbonyl (C=O) groups is 1. The normalized spacial score (nSPS) is 22.0. The van der Waals surface area contributed by atoms with E-state index in [1.165, 1.54) is 11.1 Å². The zero-order valence-corrected chi connectivity index (χ0v) is 14.4. The standard InChI is InChI=1S/C19H29N3O/c1-15(18(23)22-11-9-21(2)10-12-22)13-16-3-5-17(6-4-16)14-19(20)7-8-19/h3-6,15H,7-14,20H2,1-2H3. The van der Waals surface area contributed by atoms with Crippen LogP contribution in [-0.2, 0) is 17.6 Å². The summed E-state index contributed by atoms with van der Waals surface area (Å²) < 4.78 is 0. The highest BCUT2D eigenvalue weighted by Crippen LogP contribution is 2.35. The SMILES string of the molecule is CC(Cc1ccc(CC2(N)CC2)cc1)C(=O)N1CCN(C)CC1. The number of amides is 1. The van der Waals surface area contributed by atoms with Gasteiger partial charge in [0.1, 0.15) is 0 Å². The Bertz CT molecular complexity index is 542. The van der Waals surface area contributed by atoms with Crippen LogP contribution >= 0.6 is 0 Å². The van der Waals surface area contributed by atoms with Crippen LogP contribution in [0.3, 0.4) is 0 Å². The maximum atomic E-state index is 12.6. The van der Waals surface area contributed by atoms with Crippen molar-refractivity contribution in [2.75, 3.05) is 33.2 Å². The minimum absolute atomic E-state index is 0.0496. The summed E-state index contributed by atoms with van der Waals surface area (Å²) in [6.45, 7) is 5.73. The fraction of sp³-hybridized carbons (Fsp3) is 0.632. The van der Waals surface area contributed by atoms with E-state index < -0.39 is 0 Å². The predicted molar refractivity (Wildman–Crippen MR) is 93.2 cm³/mol. The summed E-state index contributed by atoms with van der Waals surface area (Å²) in [6, 6.07) is 8.67. The van der Waals surface area contributed by atoms with Crippen LogP contribution in [-0.4, -0.2) is 54.5 Å². The van der Waals surface area contributed by atoms with Crippen molar-refractivity contribution in [3.8, 4) is 0 Å². The van der Waals surface area contributed by atoms with Crippen molar-refractivity contribution >= 4 is 5.91 Å². The van der Waals surface area contributed by atoms with Crippen LogP contribution in [0.4, 0.5) is 0 Å². The molecule has 1 saturated heterocycles. The molecule has 2 N–H and O–H groups in total. The van der Waals surface area contributed by atoms with Gasteiger partial charge in [-0.05, 0) is 43.9 Å². The minimum Gasteiger partial charge on any atom is -0.340 e. The van der Waals surface area contributed by atoms with Gasteiger partial charge in [0.05, 0.1) is 0 Å². The van der Waals surface area contributed by atoms with Crippen molar-refractivity contribution in [3.05, 3.63) is 35.4 Å². The smallest absolute Gasteiger partial charge is 0.225 e. The van der Waals surface area contributed by atoms with Gasteiger partial charge in [0.25, 0.3) is 0 Å². The van der Waals surface area contributed by atoms with Crippen LogP contribution in [0.2, 0.25) is 0 Å². The molecule has 23 heavy (non-hydrogen) atoms. The second-order valence-corrected chi connectivity index (χ2v) is 7.59. The molecule has 4 heteroatoms. The molecule has 3 rings (SSSR count). The van der Waals surface area contributed by atoms with E-state index in [1.807, 2.05) is 11.8 Å². The Morgan fingerprint density at radius 1 is 1.13 bits per heavy atom. The molecule has 2 aliphatic rings. The molecule has 1 saturated carbocycles. The van der Waals surface area contributed by atoms with Gasteiger partial charge >= 0.3 is 0 Å². The van der Waals surface area contributed by atoms with Crippen molar-refractivity contribution < 1.29 is 4.79 Å². The Labute approximate surface area is 139 Å². The summed E-state index contributed by atoms with van der Waals surface area (Å²) in [7, 11) is 2.11. The first kappa shape index (κ1) is 16.5. The van der Waals surface area contributed by atoms with E-state index >= 15 is 0 Å². The molecule has 1 heterocycles.